The van der Waals surface area contributed by atoms with Gasteiger partial charge in [0.2, 0.25) is 5.95 Å². The lowest BCUT2D eigenvalue weighted by atomic mass is 9.97. The molecule has 11 nitrogen and oxygen atoms in total. The van der Waals surface area contributed by atoms with Gasteiger partial charge >= 0.3 is 0 Å². The molecule has 13 heteroatoms. The number of nitrogens with one attached hydrogen (secondary N) is 2. The molecule has 3 aromatic heterocycles. The number of halogens is 1. The van der Waals surface area contributed by atoms with Crippen molar-refractivity contribution in [3.63, 3.8) is 0 Å². The largest absolute Gasteiger partial charge is 0.379 e. The number of anilines is 1. The van der Waals surface area contributed by atoms with E-state index in [9.17, 15) is 17.4 Å². The van der Waals surface area contributed by atoms with Crippen LogP contribution in [0.2, 0.25) is 0 Å². The van der Waals surface area contributed by atoms with Crippen molar-refractivity contribution in [1.29, 1.82) is 0 Å². The molecule has 0 radical (unpaired) electrons. The Labute approximate surface area is 226 Å². The first-order valence-electron chi connectivity index (χ1n) is 12.8. The van der Waals surface area contributed by atoms with Gasteiger partial charge in [0, 0.05) is 25.2 Å². The number of aromatic amines is 1. The summed E-state index contributed by atoms with van der Waals surface area (Å²) < 4.78 is 52.9. The molecule has 1 fully saturated rings. The van der Waals surface area contributed by atoms with Crippen molar-refractivity contribution >= 4 is 27.2 Å². The van der Waals surface area contributed by atoms with Gasteiger partial charge in [-0.15, -0.1) is 0 Å². The Morgan fingerprint density at radius 2 is 1.87 bits per heavy atom. The number of rotatable bonds is 10. The molecule has 5 rings (SSSR count). The zero-order valence-electron chi connectivity index (χ0n) is 21.8. The third-order valence-corrected chi connectivity index (χ3v) is 7.17. The lowest BCUT2D eigenvalue weighted by Crippen LogP contribution is -2.40. The highest BCUT2D eigenvalue weighted by molar-refractivity contribution is 7.85. The van der Waals surface area contributed by atoms with Gasteiger partial charge in [-0.05, 0) is 42.2 Å². The molecule has 3 N–H and O–H groups in total. The second-order valence-corrected chi connectivity index (χ2v) is 11.5. The number of H-pyrrole nitrogens is 1. The molecule has 0 saturated carbocycles. The zero-order chi connectivity index (χ0) is 27.6. The number of ether oxygens (including phenoxy) is 1. The molecule has 4 heterocycles. The summed E-state index contributed by atoms with van der Waals surface area (Å²) in [5.74, 6) is -0.386. The van der Waals surface area contributed by atoms with Crippen molar-refractivity contribution in [3.8, 4) is 11.3 Å². The van der Waals surface area contributed by atoms with E-state index in [0.717, 1.165) is 29.9 Å². The number of aromatic nitrogens is 5. The number of fused-ring (bicyclic) bond motifs is 1. The Kier molecular flexibility index (Phi) is 7.93. The highest BCUT2D eigenvalue weighted by Crippen LogP contribution is 2.33. The first kappa shape index (κ1) is 27.2. The van der Waals surface area contributed by atoms with Crippen LogP contribution in [0.15, 0.2) is 42.6 Å². The number of hydrogen-bond acceptors (Lipinski definition) is 8. The maximum absolute atomic E-state index is 13.6. The van der Waals surface area contributed by atoms with Crippen molar-refractivity contribution in [1.82, 2.24) is 29.6 Å². The fourth-order valence-electron chi connectivity index (χ4n) is 4.88. The maximum atomic E-state index is 13.6. The van der Waals surface area contributed by atoms with E-state index >= 15 is 0 Å². The monoisotopic (exact) mass is 557 g/mol. The van der Waals surface area contributed by atoms with Crippen LogP contribution >= 0.6 is 0 Å². The first-order chi connectivity index (χ1) is 18.7. The third kappa shape index (κ3) is 6.44. The summed E-state index contributed by atoms with van der Waals surface area (Å²) in [4.78, 5) is 11.8. The molecular weight excluding hydrogens is 525 g/mol. The fourth-order valence-corrected chi connectivity index (χ4v) is 5.19. The highest BCUT2D eigenvalue weighted by atomic mass is 32.2. The van der Waals surface area contributed by atoms with E-state index in [1.165, 1.54) is 12.1 Å². The fraction of sp³-hybridized carbons (Fsp3) is 0.423. The second kappa shape index (κ2) is 11.4. The molecule has 4 aromatic rings. The van der Waals surface area contributed by atoms with E-state index < -0.39 is 16.0 Å². The van der Waals surface area contributed by atoms with Gasteiger partial charge in [-0.2, -0.15) is 13.5 Å². The lowest BCUT2D eigenvalue weighted by molar-refractivity contribution is 0.0153. The van der Waals surface area contributed by atoms with Crippen LogP contribution in [0.1, 0.15) is 31.1 Å². The molecule has 1 aromatic carbocycles. The molecular formula is C26H32FN7O4S. The quantitative estimate of drug-likeness (QED) is 0.250. The van der Waals surface area contributed by atoms with Crippen LogP contribution in [0.25, 0.3) is 22.4 Å². The van der Waals surface area contributed by atoms with Crippen LogP contribution in [-0.4, -0.2) is 74.8 Å². The Morgan fingerprint density at radius 1 is 1.13 bits per heavy atom. The highest BCUT2D eigenvalue weighted by Gasteiger charge is 2.28. The van der Waals surface area contributed by atoms with Crippen molar-refractivity contribution in [2.45, 2.75) is 32.9 Å². The van der Waals surface area contributed by atoms with E-state index in [1.807, 2.05) is 30.5 Å². The van der Waals surface area contributed by atoms with Gasteiger partial charge in [0.05, 0.1) is 36.8 Å². The molecule has 39 heavy (non-hydrogen) atoms. The summed E-state index contributed by atoms with van der Waals surface area (Å²) in [6.45, 7) is 7.38. The summed E-state index contributed by atoms with van der Waals surface area (Å²) >= 11 is 0. The minimum absolute atomic E-state index is 0.0677. The Bertz CT molecular complexity index is 1530. The minimum Gasteiger partial charge on any atom is -0.379 e. The van der Waals surface area contributed by atoms with Crippen LogP contribution in [0.5, 0.6) is 0 Å². The Balaban J connectivity index is 1.54. The molecule has 1 aliphatic heterocycles. The molecule has 1 unspecified atom stereocenters. The van der Waals surface area contributed by atoms with Gasteiger partial charge in [0.25, 0.3) is 10.1 Å². The molecule has 1 saturated heterocycles. The smallest absolute Gasteiger partial charge is 0.283 e. The summed E-state index contributed by atoms with van der Waals surface area (Å²) in [5, 5.41) is 10.3. The van der Waals surface area contributed by atoms with Crippen LogP contribution in [0.4, 0.5) is 10.3 Å². The summed E-state index contributed by atoms with van der Waals surface area (Å²) in [5.41, 5.74) is 4.61. The van der Waals surface area contributed by atoms with Crippen LogP contribution in [0.3, 0.4) is 0 Å². The Morgan fingerprint density at radius 3 is 2.56 bits per heavy atom. The predicted molar refractivity (Wildman–Crippen MR) is 145 cm³/mol. The van der Waals surface area contributed by atoms with E-state index in [4.69, 9.17) is 9.72 Å². The molecule has 208 valence electrons. The number of imidazole rings is 1. The average molecular weight is 558 g/mol. The van der Waals surface area contributed by atoms with Gasteiger partial charge in [0.1, 0.15) is 17.2 Å². The van der Waals surface area contributed by atoms with Crippen molar-refractivity contribution in [3.05, 3.63) is 59.7 Å². The minimum atomic E-state index is -4.23. The normalized spacial score (nSPS) is 15.7. The molecule has 0 amide bonds. The van der Waals surface area contributed by atoms with Gasteiger partial charge in [-0.25, -0.2) is 14.4 Å². The van der Waals surface area contributed by atoms with Crippen LogP contribution in [0, 0.1) is 11.7 Å². The molecule has 0 aliphatic carbocycles. The van der Waals surface area contributed by atoms with Crippen LogP contribution in [-0.2, 0) is 27.8 Å². The first-order valence-corrected chi connectivity index (χ1v) is 14.4. The van der Waals surface area contributed by atoms with E-state index in [-0.39, 0.29) is 17.8 Å². The average Bonchev–Trinajstić information content (AvgIpc) is 3.52. The van der Waals surface area contributed by atoms with E-state index in [0.29, 0.717) is 49.0 Å². The van der Waals surface area contributed by atoms with Gasteiger partial charge in [-0.3, -0.25) is 19.1 Å². The van der Waals surface area contributed by atoms with Crippen molar-refractivity contribution < 1.29 is 22.1 Å². The van der Waals surface area contributed by atoms with Crippen molar-refractivity contribution in [2.75, 3.05) is 37.5 Å². The molecule has 0 bridgehead atoms. The van der Waals surface area contributed by atoms with Crippen molar-refractivity contribution in [2.24, 2.45) is 5.92 Å². The van der Waals surface area contributed by atoms with Gasteiger partial charge < -0.3 is 10.1 Å². The number of hydrogen-bond donors (Lipinski definition) is 3. The number of pyridine rings is 1. The maximum Gasteiger partial charge on any atom is 0.283 e. The topological polar surface area (TPSA) is 138 Å². The standard InChI is InChI=1S/C26H32FN7O4S/c1-17(2)15-34-25-22(31-26(34)28-16-39(35,36)37)8-7-21(30-25)20-14-29-32-24(20)23(33-9-11-38-12-10-33)13-18-3-5-19(27)6-4-18/h3-8,14,17,23H,9-13,15-16H2,1-2H3,(H,28,31)(H,29,32)(H,35,36,37). The Hall–Kier alpha value is -3.39. The lowest BCUT2D eigenvalue weighted by Gasteiger charge is -2.34. The summed E-state index contributed by atoms with van der Waals surface area (Å²) in [6, 6.07) is 10.2. The molecule has 1 aliphatic rings. The van der Waals surface area contributed by atoms with Gasteiger partial charge in [0.15, 0.2) is 5.65 Å². The zero-order valence-corrected chi connectivity index (χ0v) is 22.7. The molecule has 0 spiro atoms. The number of morpholine rings is 1. The SMILES string of the molecule is CC(C)Cn1c(NCS(=O)(=O)O)nc2ccc(-c3cn[nH]c3C(Cc3ccc(F)cc3)N3CCOCC3)nc21. The number of benzene rings is 1. The van der Waals surface area contributed by atoms with E-state index in [2.05, 4.69) is 25.4 Å². The van der Waals surface area contributed by atoms with E-state index in [1.54, 1.807) is 18.3 Å². The summed E-state index contributed by atoms with van der Waals surface area (Å²) in [6.07, 6.45) is 2.40. The van der Waals surface area contributed by atoms with Crippen LogP contribution < -0.4 is 5.32 Å². The van der Waals surface area contributed by atoms with Gasteiger partial charge in [-0.1, -0.05) is 26.0 Å². The predicted octanol–water partition coefficient (Wildman–Crippen LogP) is 3.49. The third-order valence-electron chi connectivity index (χ3n) is 6.66. The number of nitrogens with zero attached hydrogens (tertiary/aromatic N) is 5. The second-order valence-electron chi connectivity index (χ2n) is 10.1. The summed E-state index contributed by atoms with van der Waals surface area (Å²) in [7, 11) is -4.23. The molecule has 1 atom stereocenters.